The Morgan fingerprint density at radius 1 is 1.12 bits per heavy atom. The van der Waals surface area contributed by atoms with Crippen molar-refractivity contribution in [3.8, 4) is 11.1 Å². The molecule has 3 aromatic rings. The smallest absolute Gasteiger partial charge is 0.258 e. The lowest BCUT2D eigenvalue weighted by molar-refractivity contribution is 0.602. The van der Waals surface area contributed by atoms with Gasteiger partial charge >= 0.3 is 0 Å². The summed E-state index contributed by atoms with van der Waals surface area (Å²) >= 11 is -0.908. The van der Waals surface area contributed by atoms with Gasteiger partial charge in [0.2, 0.25) is 0 Å². The Morgan fingerprint density at radius 3 is 2.54 bits per heavy atom. The Morgan fingerprint density at radius 2 is 1.83 bits per heavy atom. The highest BCUT2D eigenvalue weighted by Gasteiger charge is 2.11. The van der Waals surface area contributed by atoms with Gasteiger partial charge in [-0.2, -0.15) is 0 Å². The van der Waals surface area contributed by atoms with E-state index in [1.807, 2.05) is 42.6 Å². The second-order valence-corrected chi connectivity index (χ2v) is 7.36. The van der Waals surface area contributed by atoms with Crippen molar-refractivity contribution in [3.05, 3.63) is 64.6 Å². The molecule has 1 aromatic heterocycles. The van der Waals surface area contributed by atoms with Crippen LogP contribution in [0.2, 0.25) is 0 Å². The number of nitrogens with zero attached hydrogens (tertiary/aromatic N) is 1. The highest BCUT2D eigenvalue weighted by atomic mass is 32.2. The average Bonchev–Trinajstić information content (AvgIpc) is 2.57. The predicted octanol–water partition coefficient (Wildman–Crippen LogP) is 3.26. The first kappa shape index (κ1) is 16.6. The van der Waals surface area contributed by atoms with E-state index < -0.39 is 11.2 Å². The summed E-state index contributed by atoms with van der Waals surface area (Å²) in [6.45, 7) is 2.05. The van der Waals surface area contributed by atoms with Crippen LogP contribution in [0.25, 0.3) is 21.9 Å². The number of anilines is 1. The number of rotatable bonds is 4. The van der Waals surface area contributed by atoms with Gasteiger partial charge in [-0.25, -0.2) is 0 Å². The van der Waals surface area contributed by atoms with Crippen molar-refractivity contribution in [2.24, 2.45) is 7.05 Å². The molecule has 0 radical (unpaired) electrons. The fourth-order valence-corrected chi connectivity index (χ4v) is 3.21. The van der Waals surface area contributed by atoms with E-state index in [9.17, 15) is 9.35 Å². The zero-order valence-electron chi connectivity index (χ0n) is 14.0. The van der Waals surface area contributed by atoms with Gasteiger partial charge in [0.25, 0.3) is 5.56 Å². The van der Waals surface area contributed by atoms with Crippen LogP contribution in [0.3, 0.4) is 0 Å². The number of hydrogen-bond donors (Lipinski definition) is 1. The van der Waals surface area contributed by atoms with Crippen LogP contribution in [0.1, 0.15) is 5.56 Å². The average molecular weight is 340 g/mol. The topological polar surface area (TPSA) is 57.1 Å². The van der Waals surface area contributed by atoms with Gasteiger partial charge in [-0.3, -0.25) is 4.79 Å². The van der Waals surface area contributed by atoms with Crippen molar-refractivity contribution in [3.63, 3.8) is 0 Å². The first-order valence-electron chi connectivity index (χ1n) is 7.70. The molecule has 0 saturated carbocycles. The SMILES string of the molecule is Cc1ccc(NC[S+](C)[O-])cc1-c1cn(C)c(=O)c2ccccc12. The first-order valence-corrected chi connectivity index (χ1v) is 9.43. The second-order valence-electron chi connectivity index (χ2n) is 5.93. The molecule has 24 heavy (non-hydrogen) atoms. The molecule has 0 aliphatic carbocycles. The molecule has 0 spiro atoms. The number of hydrogen-bond acceptors (Lipinski definition) is 3. The summed E-state index contributed by atoms with van der Waals surface area (Å²) in [5.74, 6) is 0.413. The quantitative estimate of drug-likeness (QED) is 0.742. The Bertz CT molecular complexity index is 948. The molecule has 1 heterocycles. The molecule has 0 saturated heterocycles. The van der Waals surface area contributed by atoms with E-state index in [1.54, 1.807) is 17.9 Å². The third-order valence-electron chi connectivity index (χ3n) is 4.10. The van der Waals surface area contributed by atoms with Gasteiger partial charge < -0.3 is 14.4 Å². The van der Waals surface area contributed by atoms with Crippen LogP contribution in [-0.4, -0.2) is 21.3 Å². The van der Waals surface area contributed by atoms with Crippen LogP contribution in [0, 0.1) is 6.92 Å². The van der Waals surface area contributed by atoms with E-state index >= 15 is 0 Å². The second kappa shape index (κ2) is 6.71. The number of nitrogens with one attached hydrogen (secondary N) is 1. The van der Waals surface area contributed by atoms with E-state index in [0.717, 1.165) is 27.8 Å². The third-order valence-corrected chi connectivity index (χ3v) is 4.65. The van der Waals surface area contributed by atoms with Crippen molar-refractivity contribution >= 4 is 27.6 Å². The van der Waals surface area contributed by atoms with Gasteiger partial charge in [-0.1, -0.05) is 24.3 Å². The molecule has 2 aromatic carbocycles. The van der Waals surface area contributed by atoms with E-state index in [2.05, 4.69) is 18.3 Å². The predicted molar refractivity (Wildman–Crippen MR) is 102 cm³/mol. The zero-order chi connectivity index (χ0) is 17.3. The number of pyridine rings is 1. The van der Waals surface area contributed by atoms with Gasteiger partial charge in [-0.15, -0.1) is 0 Å². The third kappa shape index (κ3) is 3.18. The monoisotopic (exact) mass is 340 g/mol. The standard InChI is InChI=1S/C19H20N2O2S/c1-13-8-9-14(20-12-24(3)23)10-17(13)18-11-21(2)19(22)16-7-5-4-6-15(16)18/h4-11,20H,12H2,1-3H3. The minimum atomic E-state index is -0.908. The number of aryl methyl sites for hydroxylation is 2. The molecular weight excluding hydrogens is 320 g/mol. The molecule has 124 valence electrons. The maximum absolute atomic E-state index is 12.4. The molecular formula is C19H20N2O2S. The Kier molecular flexibility index (Phi) is 4.64. The lowest BCUT2D eigenvalue weighted by atomic mass is 9.96. The summed E-state index contributed by atoms with van der Waals surface area (Å²) in [5.41, 5.74) is 4.13. The van der Waals surface area contributed by atoms with E-state index in [-0.39, 0.29) is 5.56 Å². The van der Waals surface area contributed by atoms with Crippen molar-refractivity contribution < 1.29 is 4.55 Å². The zero-order valence-corrected chi connectivity index (χ0v) is 14.8. The lowest BCUT2D eigenvalue weighted by Gasteiger charge is -2.14. The molecule has 5 heteroatoms. The summed E-state index contributed by atoms with van der Waals surface area (Å²) in [7, 11) is 1.77. The van der Waals surface area contributed by atoms with Crippen molar-refractivity contribution in [2.75, 3.05) is 17.4 Å². The molecule has 0 bridgehead atoms. The van der Waals surface area contributed by atoms with Crippen LogP contribution in [0.4, 0.5) is 5.69 Å². The Labute approximate surface area is 144 Å². The van der Waals surface area contributed by atoms with Gasteiger partial charge in [0.15, 0.2) is 5.88 Å². The summed E-state index contributed by atoms with van der Waals surface area (Å²) in [6, 6.07) is 13.7. The lowest BCUT2D eigenvalue weighted by Crippen LogP contribution is -2.16. The molecule has 0 aliphatic rings. The maximum Gasteiger partial charge on any atom is 0.258 e. The normalized spacial score (nSPS) is 12.3. The van der Waals surface area contributed by atoms with Crippen molar-refractivity contribution in [2.45, 2.75) is 6.92 Å². The fourth-order valence-electron chi connectivity index (χ4n) is 2.84. The van der Waals surface area contributed by atoms with Crippen LogP contribution in [0.15, 0.2) is 53.5 Å². The van der Waals surface area contributed by atoms with E-state index in [0.29, 0.717) is 11.3 Å². The minimum absolute atomic E-state index is 0.00247. The summed E-state index contributed by atoms with van der Waals surface area (Å²) in [5, 5.41) is 4.84. The molecule has 1 unspecified atom stereocenters. The molecule has 1 atom stereocenters. The number of benzene rings is 2. The van der Waals surface area contributed by atoms with Gasteiger partial charge in [0, 0.05) is 29.9 Å². The van der Waals surface area contributed by atoms with Crippen LogP contribution < -0.4 is 10.9 Å². The van der Waals surface area contributed by atoms with Gasteiger partial charge in [-0.05, 0) is 52.8 Å². The molecule has 0 fully saturated rings. The summed E-state index contributed by atoms with van der Waals surface area (Å²) in [6.07, 6.45) is 3.55. The van der Waals surface area contributed by atoms with E-state index in [4.69, 9.17) is 0 Å². The van der Waals surface area contributed by atoms with Gasteiger partial charge in [0.05, 0.1) is 6.26 Å². The summed E-state index contributed by atoms with van der Waals surface area (Å²) < 4.78 is 12.9. The molecule has 1 N–H and O–H groups in total. The highest BCUT2D eigenvalue weighted by molar-refractivity contribution is 7.90. The van der Waals surface area contributed by atoms with Crippen molar-refractivity contribution in [1.29, 1.82) is 0 Å². The fraction of sp³-hybridized carbons (Fsp3) is 0.211. The number of fused-ring (bicyclic) bond motifs is 1. The molecule has 3 rings (SSSR count). The van der Waals surface area contributed by atoms with Crippen LogP contribution in [0.5, 0.6) is 0 Å². The van der Waals surface area contributed by atoms with Crippen molar-refractivity contribution in [1.82, 2.24) is 4.57 Å². The van der Waals surface area contributed by atoms with E-state index in [1.165, 1.54) is 0 Å². The maximum atomic E-state index is 12.4. The minimum Gasteiger partial charge on any atom is -0.615 e. The Hall–Kier alpha value is -2.24. The molecule has 0 aliphatic heterocycles. The first-order chi connectivity index (χ1) is 11.5. The van der Waals surface area contributed by atoms with Crippen LogP contribution >= 0.6 is 0 Å². The largest absolute Gasteiger partial charge is 0.615 e. The molecule has 4 nitrogen and oxygen atoms in total. The summed E-state index contributed by atoms with van der Waals surface area (Å²) in [4.78, 5) is 12.4. The van der Waals surface area contributed by atoms with Crippen LogP contribution in [-0.2, 0) is 18.2 Å². The molecule has 0 amide bonds. The Balaban J connectivity index is 2.19. The highest BCUT2D eigenvalue weighted by Crippen LogP contribution is 2.31. The van der Waals surface area contributed by atoms with Gasteiger partial charge in [0.1, 0.15) is 0 Å². The number of aromatic nitrogens is 1.